The molecule has 0 N–H and O–H groups in total. The highest BCUT2D eigenvalue weighted by molar-refractivity contribution is 6.30. The van der Waals surface area contributed by atoms with E-state index in [4.69, 9.17) is 11.6 Å². The summed E-state index contributed by atoms with van der Waals surface area (Å²) in [6.07, 6.45) is -4.31. The van der Waals surface area contributed by atoms with Crippen LogP contribution in [0.4, 0.5) is 24.5 Å². The van der Waals surface area contributed by atoms with Gasteiger partial charge < -0.3 is 4.90 Å². The van der Waals surface area contributed by atoms with Gasteiger partial charge in [0.1, 0.15) is 5.41 Å². The number of halogens is 4. The van der Waals surface area contributed by atoms with E-state index in [1.54, 1.807) is 30.3 Å². The Morgan fingerprint density at radius 3 is 2.47 bits per heavy atom. The number of amides is 1. The molecule has 0 radical (unpaired) electrons. The molecular weight excluding hydrogens is 513 g/mol. The van der Waals surface area contributed by atoms with Crippen LogP contribution in [0.3, 0.4) is 0 Å². The van der Waals surface area contributed by atoms with Crippen LogP contribution in [0.25, 0.3) is 0 Å². The Hall–Kier alpha value is -3.36. The highest BCUT2D eigenvalue weighted by Crippen LogP contribution is 2.49. The SMILES string of the molecule is CC1=NN(c2ccc(Cl)cc2)C(=O)C12Cc1cc(C(F)(F)F)ccc1N1CCN(Cc3ccccc3)CC12. The van der Waals surface area contributed by atoms with Crippen LogP contribution < -0.4 is 9.91 Å². The van der Waals surface area contributed by atoms with Crippen LogP contribution in [0.1, 0.15) is 23.6 Å². The Kier molecular flexibility index (Phi) is 6.00. The highest BCUT2D eigenvalue weighted by Gasteiger charge is 2.60. The lowest BCUT2D eigenvalue weighted by atomic mass is 9.67. The van der Waals surface area contributed by atoms with Gasteiger partial charge in [0, 0.05) is 36.9 Å². The van der Waals surface area contributed by atoms with E-state index in [1.807, 2.05) is 25.1 Å². The number of hydrazone groups is 1. The average molecular weight is 539 g/mol. The monoisotopic (exact) mass is 538 g/mol. The van der Waals surface area contributed by atoms with Crippen molar-refractivity contribution in [3.05, 3.63) is 94.5 Å². The van der Waals surface area contributed by atoms with E-state index < -0.39 is 17.2 Å². The zero-order valence-electron chi connectivity index (χ0n) is 20.8. The van der Waals surface area contributed by atoms with Crippen molar-refractivity contribution in [1.29, 1.82) is 0 Å². The quantitative estimate of drug-likeness (QED) is 0.410. The van der Waals surface area contributed by atoms with E-state index in [9.17, 15) is 18.0 Å². The van der Waals surface area contributed by atoms with Crippen molar-refractivity contribution < 1.29 is 18.0 Å². The van der Waals surface area contributed by atoms with Crippen molar-refractivity contribution in [2.24, 2.45) is 10.5 Å². The van der Waals surface area contributed by atoms with Gasteiger partial charge in [-0.25, -0.2) is 0 Å². The number of carbonyl (C=O) groups excluding carboxylic acids is 1. The maximum Gasteiger partial charge on any atom is 0.416 e. The first-order valence-electron chi connectivity index (χ1n) is 12.6. The summed E-state index contributed by atoms with van der Waals surface area (Å²) in [5.41, 5.74) is 1.85. The van der Waals surface area contributed by atoms with Crippen LogP contribution in [-0.2, 0) is 23.9 Å². The van der Waals surface area contributed by atoms with Crippen molar-refractivity contribution in [3.8, 4) is 0 Å². The van der Waals surface area contributed by atoms with Gasteiger partial charge >= 0.3 is 6.18 Å². The third-order valence-electron chi connectivity index (χ3n) is 8.01. The Balaban J connectivity index is 1.43. The summed E-state index contributed by atoms with van der Waals surface area (Å²) in [4.78, 5) is 18.7. The first-order chi connectivity index (χ1) is 18.2. The van der Waals surface area contributed by atoms with Gasteiger partial charge in [0.2, 0.25) is 0 Å². The van der Waals surface area contributed by atoms with Crippen LogP contribution in [0.2, 0.25) is 5.02 Å². The van der Waals surface area contributed by atoms with Crippen molar-refractivity contribution >= 4 is 34.6 Å². The summed E-state index contributed by atoms with van der Waals surface area (Å²) >= 11 is 6.06. The lowest BCUT2D eigenvalue weighted by Gasteiger charge is -2.53. The van der Waals surface area contributed by atoms with Gasteiger partial charge in [-0.1, -0.05) is 41.9 Å². The number of hydrogen-bond acceptors (Lipinski definition) is 4. The Labute approximate surface area is 224 Å². The topological polar surface area (TPSA) is 39.2 Å². The van der Waals surface area contributed by atoms with Gasteiger partial charge in [0.15, 0.2) is 0 Å². The number of hydrogen-bond donors (Lipinski definition) is 0. The molecular formula is C29H26ClF3N4O. The highest BCUT2D eigenvalue weighted by atomic mass is 35.5. The number of alkyl halides is 3. The van der Waals surface area contributed by atoms with E-state index in [-0.39, 0.29) is 18.4 Å². The fourth-order valence-corrected chi connectivity index (χ4v) is 6.24. The molecule has 0 saturated carbocycles. The molecule has 0 aliphatic carbocycles. The fraction of sp³-hybridized carbons (Fsp3) is 0.310. The first kappa shape index (κ1) is 24.9. The largest absolute Gasteiger partial charge is 0.416 e. The molecule has 3 aliphatic heterocycles. The number of nitrogens with zero attached hydrogens (tertiary/aromatic N) is 4. The molecule has 0 aromatic heterocycles. The Morgan fingerprint density at radius 2 is 1.76 bits per heavy atom. The van der Waals surface area contributed by atoms with Crippen molar-refractivity contribution in [2.75, 3.05) is 29.5 Å². The predicted molar refractivity (Wildman–Crippen MR) is 142 cm³/mol. The molecule has 6 rings (SSSR count). The second-order valence-electron chi connectivity index (χ2n) is 10.2. The predicted octanol–water partition coefficient (Wildman–Crippen LogP) is 6.01. The van der Waals surface area contributed by atoms with Crippen molar-refractivity contribution in [2.45, 2.75) is 32.1 Å². The van der Waals surface area contributed by atoms with Gasteiger partial charge in [0.25, 0.3) is 5.91 Å². The minimum absolute atomic E-state index is 0.158. The normalized spacial score (nSPS) is 23.4. The zero-order chi connectivity index (χ0) is 26.7. The molecule has 3 aromatic carbocycles. The lowest BCUT2D eigenvalue weighted by Crippen LogP contribution is -2.66. The van der Waals surface area contributed by atoms with Gasteiger partial charge in [-0.2, -0.15) is 23.3 Å². The molecule has 2 atom stereocenters. The minimum Gasteiger partial charge on any atom is -0.364 e. The maximum atomic E-state index is 14.3. The zero-order valence-corrected chi connectivity index (χ0v) is 21.5. The van der Waals surface area contributed by atoms with Gasteiger partial charge in [-0.05, 0) is 66.9 Å². The number of carbonyl (C=O) groups is 1. The smallest absolute Gasteiger partial charge is 0.364 e. The number of benzene rings is 3. The molecule has 3 aromatic rings. The van der Waals surface area contributed by atoms with Crippen LogP contribution in [0.15, 0.2) is 77.9 Å². The summed E-state index contributed by atoms with van der Waals surface area (Å²) in [5, 5.41) is 6.61. The second kappa shape index (κ2) is 9.13. The molecule has 1 saturated heterocycles. The molecule has 1 amide bonds. The molecule has 38 heavy (non-hydrogen) atoms. The molecule has 2 unspecified atom stereocenters. The van der Waals surface area contributed by atoms with Gasteiger partial charge in [-0.3, -0.25) is 9.69 Å². The second-order valence-corrected chi connectivity index (χ2v) is 10.6. The molecule has 5 nitrogen and oxygen atoms in total. The molecule has 0 bridgehead atoms. The molecule has 3 aliphatic rings. The first-order valence-corrected chi connectivity index (χ1v) is 12.9. The summed E-state index contributed by atoms with van der Waals surface area (Å²) < 4.78 is 41.0. The standard InChI is InChI=1S/C29H26ClF3N4O/c1-19-28(27(38)37(34-19)24-10-8-23(30)9-11-24)16-21-15-22(29(31,32)33)7-12-25(21)36-14-13-35(18-26(28)36)17-20-5-3-2-4-6-20/h2-12,15,26H,13-14,16-18H2,1H3. The maximum absolute atomic E-state index is 14.3. The Bertz CT molecular complexity index is 1410. The fourth-order valence-electron chi connectivity index (χ4n) is 6.11. The van der Waals surface area contributed by atoms with E-state index >= 15 is 0 Å². The third-order valence-corrected chi connectivity index (χ3v) is 8.26. The molecule has 196 valence electrons. The van der Waals surface area contributed by atoms with Crippen molar-refractivity contribution in [1.82, 2.24) is 4.90 Å². The number of fused-ring (bicyclic) bond motifs is 4. The summed E-state index contributed by atoms with van der Waals surface area (Å²) in [7, 11) is 0. The van der Waals surface area contributed by atoms with Crippen LogP contribution in [0, 0.1) is 5.41 Å². The molecule has 3 heterocycles. The van der Waals surface area contributed by atoms with E-state index in [0.717, 1.165) is 24.8 Å². The van der Waals surface area contributed by atoms with Crippen LogP contribution in [0.5, 0.6) is 0 Å². The van der Waals surface area contributed by atoms with E-state index in [0.29, 0.717) is 35.1 Å². The number of rotatable bonds is 3. The summed E-state index contributed by atoms with van der Waals surface area (Å²) in [6.45, 7) is 4.46. The minimum atomic E-state index is -4.47. The van der Waals surface area contributed by atoms with Crippen molar-refractivity contribution in [3.63, 3.8) is 0 Å². The molecule has 1 spiro atoms. The summed E-state index contributed by atoms with van der Waals surface area (Å²) in [5.74, 6) is -0.225. The van der Waals surface area contributed by atoms with Crippen LogP contribution in [-0.4, -0.2) is 42.2 Å². The molecule has 9 heteroatoms. The van der Waals surface area contributed by atoms with Gasteiger partial charge in [0.05, 0.1) is 23.0 Å². The summed E-state index contributed by atoms with van der Waals surface area (Å²) in [6, 6.07) is 20.6. The molecule has 1 fully saturated rings. The van der Waals surface area contributed by atoms with E-state index in [1.165, 1.54) is 16.6 Å². The number of anilines is 2. The average Bonchev–Trinajstić information content (AvgIpc) is 3.14. The van der Waals surface area contributed by atoms with E-state index in [2.05, 4.69) is 27.0 Å². The third kappa shape index (κ3) is 4.07. The number of piperazine rings is 1. The Morgan fingerprint density at radius 1 is 1.03 bits per heavy atom. The van der Waals surface area contributed by atoms with Crippen LogP contribution >= 0.6 is 11.6 Å². The lowest BCUT2D eigenvalue weighted by molar-refractivity contribution is -0.137. The van der Waals surface area contributed by atoms with Gasteiger partial charge in [-0.15, -0.1) is 0 Å².